The van der Waals surface area contributed by atoms with E-state index in [1.807, 2.05) is 6.55 Å². The molecule has 0 amide bonds. The summed E-state index contributed by atoms with van der Waals surface area (Å²) < 4.78 is 4.62. The van der Waals surface area contributed by atoms with Gasteiger partial charge in [0.25, 0.3) is 0 Å². The molecule has 0 rings (SSSR count). The molecule has 0 fully saturated rings. The zero-order chi connectivity index (χ0) is 6.41. The molecule has 0 aromatic carbocycles. The Bertz CT molecular complexity index is 124. The van der Waals surface area contributed by atoms with Crippen molar-refractivity contribution >= 4 is 15.7 Å². The molecule has 0 aromatic heterocycles. The Morgan fingerprint density at radius 3 is 3.00 bits per heavy atom. The van der Waals surface area contributed by atoms with Crippen LogP contribution in [0.2, 0.25) is 6.55 Å². The lowest BCUT2D eigenvalue weighted by atomic mass is 10.6. The number of rotatable bonds is 2. The van der Waals surface area contributed by atoms with Gasteiger partial charge in [0.05, 0.1) is 6.08 Å². The molecule has 2 nitrogen and oxygen atoms in total. The highest BCUT2D eigenvalue weighted by molar-refractivity contribution is 6.29. The highest BCUT2D eigenvalue weighted by Gasteiger charge is 1.88. The lowest BCUT2D eigenvalue weighted by Crippen LogP contribution is -2.00. The van der Waals surface area contributed by atoms with Gasteiger partial charge in [-0.3, -0.25) is 0 Å². The molecule has 0 aromatic rings. The van der Waals surface area contributed by atoms with Crippen LogP contribution in [-0.4, -0.2) is 15.7 Å². The second-order valence-electron chi connectivity index (χ2n) is 1.10. The van der Waals surface area contributed by atoms with Crippen LogP contribution in [0.3, 0.4) is 0 Å². The van der Waals surface area contributed by atoms with Gasteiger partial charge in [0, 0.05) is 0 Å². The average molecular weight is 128 g/mol. The third-order valence-corrected chi connectivity index (χ3v) is 1.08. The second kappa shape index (κ2) is 4.37. The van der Waals surface area contributed by atoms with Gasteiger partial charge in [-0.2, -0.15) is 0 Å². The largest absolute Gasteiger partial charge is 0.522 e. The molecule has 0 aliphatic carbocycles. The number of hydrogen-bond donors (Lipinski definition) is 0. The molecular formula is C5H8O2Si. The summed E-state index contributed by atoms with van der Waals surface area (Å²) in [5.74, 6) is -0.325. The van der Waals surface area contributed by atoms with Gasteiger partial charge in [-0.1, -0.05) is 6.58 Å². The van der Waals surface area contributed by atoms with E-state index in [0.717, 1.165) is 0 Å². The summed E-state index contributed by atoms with van der Waals surface area (Å²) in [6.45, 7) is 5.10. The predicted octanol–water partition coefficient (Wildman–Crippen LogP) is 0.00260. The third kappa shape index (κ3) is 3.40. The maximum Gasteiger partial charge on any atom is 0.324 e. The molecule has 0 unspecified atom stereocenters. The lowest BCUT2D eigenvalue weighted by molar-refractivity contribution is -0.128. The smallest absolute Gasteiger partial charge is 0.324 e. The summed E-state index contributed by atoms with van der Waals surface area (Å²) in [6, 6.07) is 0. The fourth-order valence-corrected chi connectivity index (χ4v) is 0.635. The Labute approximate surface area is 50.8 Å². The Morgan fingerprint density at radius 2 is 2.62 bits per heavy atom. The van der Waals surface area contributed by atoms with Crippen LogP contribution in [0.15, 0.2) is 18.4 Å². The van der Waals surface area contributed by atoms with Crippen molar-refractivity contribution in [1.82, 2.24) is 0 Å². The van der Waals surface area contributed by atoms with Gasteiger partial charge in [0.2, 0.25) is 9.76 Å². The molecule has 0 bridgehead atoms. The molecule has 0 aliphatic rings. The fraction of sp³-hybridized carbons (Fsp3) is 0.200. The standard InChI is InChI=1S/C5H8O2Si/c1-3-4-5(6)7-8-2/h4H,1,8H2,2H3. The summed E-state index contributed by atoms with van der Waals surface area (Å²) in [6.07, 6.45) is 1.19. The van der Waals surface area contributed by atoms with Crippen molar-refractivity contribution in [3.63, 3.8) is 0 Å². The maximum absolute atomic E-state index is 10.3. The number of carbonyl (C=O) groups excluding carboxylic acids is 1. The zero-order valence-electron chi connectivity index (χ0n) is 4.81. The number of carbonyl (C=O) groups is 1. The van der Waals surface area contributed by atoms with Gasteiger partial charge in [-0.15, -0.1) is 5.73 Å². The molecule has 0 saturated carbocycles. The summed E-state index contributed by atoms with van der Waals surface area (Å²) in [5, 5.41) is 0. The van der Waals surface area contributed by atoms with Crippen LogP contribution >= 0.6 is 0 Å². The summed E-state index contributed by atoms with van der Waals surface area (Å²) in [5.41, 5.74) is 2.32. The van der Waals surface area contributed by atoms with Crippen molar-refractivity contribution in [3.8, 4) is 0 Å². The molecule has 0 saturated heterocycles. The van der Waals surface area contributed by atoms with Crippen molar-refractivity contribution < 1.29 is 9.22 Å². The second-order valence-corrected chi connectivity index (χ2v) is 1.97. The van der Waals surface area contributed by atoms with Crippen molar-refractivity contribution in [2.24, 2.45) is 0 Å². The normalized spacial score (nSPS) is 8.62. The first-order valence-electron chi connectivity index (χ1n) is 2.33. The first-order valence-corrected chi connectivity index (χ1v) is 4.33. The monoisotopic (exact) mass is 128 g/mol. The minimum absolute atomic E-state index is 0.325. The molecule has 0 radical (unpaired) electrons. The topological polar surface area (TPSA) is 26.3 Å². The van der Waals surface area contributed by atoms with E-state index in [1.54, 1.807) is 0 Å². The van der Waals surface area contributed by atoms with Gasteiger partial charge in [-0.05, 0) is 6.55 Å². The minimum Gasteiger partial charge on any atom is -0.522 e. The fourth-order valence-electron chi connectivity index (χ4n) is 0.267. The molecule has 8 heavy (non-hydrogen) atoms. The van der Waals surface area contributed by atoms with Crippen molar-refractivity contribution in [2.45, 2.75) is 6.55 Å². The molecule has 0 heterocycles. The maximum atomic E-state index is 10.3. The number of hydrogen-bond acceptors (Lipinski definition) is 2. The summed E-state index contributed by atoms with van der Waals surface area (Å²) in [7, 11) is -0.602. The first-order chi connectivity index (χ1) is 3.81. The quantitative estimate of drug-likeness (QED) is 0.297. The van der Waals surface area contributed by atoms with E-state index in [4.69, 9.17) is 0 Å². The Morgan fingerprint density at radius 1 is 2.00 bits per heavy atom. The predicted molar refractivity (Wildman–Crippen MR) is 34.2 cm³/mol. The molecule has 0 aliphatic heterocycles. The Balaban J connectivity index is 3.49. The SMILES string of the molecule is C=C=CC(=O)O[SiH2]C. The Hall–Kier alpha value is -0.793. The van der Waals surface area contributed by atoms with Crippen molar-refractivity contribution in [2.75, 3.05) is 0 Å². The van der Waals surface area contributed by atoms with E-state index in [0.29, 0.717) is 0 Å². The van der Waals surface area contributed by atoms with Crippen molar-refractivity contribution in [1.29, 1.82) is 0 Å². The summed E-state index contributed by atoms with van der Waals surface area (Å²) >= 11 is 0. The molecule has 0 atom stereocenters. The van der Waals surface area contributed by atoms with Crippen LogP contribution in [0.1, 0.15) is 0 Å². The Kier molecular flexibility index (Phi) is 3.93. The van der Waals surface area contributed by atoms with E-state index >= 15 is 0 Å². The van der Waals surface area contributed by atoms with Gasteiger partial charge in [0.1, 0.15) is 0 Å². The van der Waals surface area contributed by atoms with Gasteiger partial charge < -0.3 is 4.43 Å². The van der Waals surface area contributed by atoms with E-state index in [2.05, 4.69) is 16.7 Å². The van der Waals surface area contributed by atoms with Crippen LogP contribution in [0.5, 0.6) is 0 Å². The third-order valence-electron chi connectivity index (χ3n) is 0.507. The molecule has 0 spiro atoms. The highest BCUT2D eigenvalue weighted by Crippen LogP contribution is 1.74. The van der Waals surface area contributed by atoms with Crippen molar-refractivity contribution in [3.05, 3.63) is 18.4 Å². The minimum atomic E-state index is -0.602. The van der Waals surface area contributed by atoms with Crippen LogP contribution in [0.4, 0.5) is 0 Å². The van der Waals surface area contributed by atoms with Crippen LogP contribution in [0.25, 0.3) is 0 Å². The molecule has 44 valence electrons. The van der Waals surface area contributed by atoms with E-state index < -0.39 is 9.76 Å². The zero-order valence-corrected chi connectivity index (χ0v) is 6.22. The van der Waals surface area contributed by atoms with Gasteiger partial charge in [0.15, 0.2) is 0 Å². The molecule has 0 N–H and O–H groups in total. The van der Waals surface area contributed by atoms with E-state index in [1.165, 1.54) is 6.08 Å². The van der Waals surface area contributed by atoms with Gasteiger partial charge >= 0.3 is 5.97 Å². The average Bonchev–Trinajstić information content (AvgIpc) is 1.68. The first kappa shape index (κ1) is 7.21. The summed E-state index contributed by atoms with van der Waals surface area (Å²) in [4.78, 5) is 10.3. The highest BCUT2D eigenvalue weighted by atomic mass is 28.2. The van der Waals surface area contributed by atoms with Crippen LogP contribution < -0.4 is 0 Å². The lowest BCUT2D eigenvalue weighted by Gasteiger charge is -1.91. The van der Waals surface area contributed by atoms with Gasteiger partial charge in [-0.25, -0.2) is 4.79 Å². The molecular weight excluding hydrogens is 120 g/mol. The van der Waals surface area contributed by atoms with Crippen LogP contribution in [0, 0.1) is 0 Å². The molecule has 3 heteroatoms. The van der Waals surface area contributed by atoms with E-state index in [-0.39, 0.29) is 5.97 Å². The van der Waals surface area contributed by atoms with Crippen LogP contribution in [-0.2, 0) is 9.22 Å². The van der Waals surface area contributed by atoms with E-state index in [9.17, 15) is 4.79 Å².